The summed E-state index contributed by atoms with van der Waals surface area (Å²) in [4.78, 5) is 11.5. The number of carbonyl (C=O) groups excluding carboxylic acids is 1. The summed E-state index contributed by atoms with van der Waals surface area (Å²) in [6.07, 6.45) is 2.81. The molecule has 0 aliphatic heterocycles. The van der Waals surface area contributed by atoms with E-state index in [0.29, 0.717) is 5.56 Å². The Morgan fingerprint density at radius 3 is 2.80 bits per heavy atom. The van der Waals surface area contributed by atoms with Crippen molar-refractivity contribution < 1.29 is 14.3 Å². The van der Waals surface area contributed by atoms with Crippen molar-refractivity contribution in [2.45, 2.75) is 26.4 Å². The van der Waals surface area contributed by atoms with E-state index >= 15 is 0 Å². The average Bonchev–Trinajstić information content (AvgIpc) is 2.66. The van der Waals surface area contributed by atoms with Crippen LogP contribution in [0.5, 0.6) is 0 Å². The highest BCUT2D eigenvalue weighted by molar-refractivity contribution is 5.93. The Balaban J connectivity index is 2.48. The molecule has 0 radical (unpaired) electrons. The molecule has 1 heterocycles. The normalized spacial score (nSPS) is 15.0. The van der Waals surface area contributed by atoms with Crippen molar-refractivity contribution in [2.75, 3.05) is 6.54 Å². The largest absolute Gasteiger partial charge is 0.472 e. The molecular formula is C11H17NO3. The fourth-order valence-corrected chi connectivity index (χ4v) is 0.959. The van der Waals surface area contributed by atoms with Gasteiger partial charge in [-0.25, -0.2) is 0 Å². The molecule has 1 aromatic rings. The average molecular weight is 211 g/mol. The quantitative estimate of drug-likeness (QED) is 0.791. The van der Waals surface area contributed by atoms with Gasteiger partial charge in [0.05, 0.1) is 17.4 Å². The molecule has 4 heteroatoms. The van der Waals surface area contributed by atoms with Crippen LogP contribution in [0.3, 0.4) is 0 Å². The summed E-state index contributed by atoms with van der Waals surface area (Å²) in [5.74, 6) is -0.146. The SMILES string of the molecule is CC(C)C(C)(O)CNC(=O)c1ccoc1. The molecule has 2 N–H and O–H groups in total. The molecule has 0 spiro atoms. The van der Waals surface area contributed by atoms with Crippen LogP contribution in [0.4, 0.5) is 0 Å². The topological polar surface area (TPSA) is 62.5 Å². The van der Waals surface area contributed by atoms with Gasteiger partial charge in [0.2, 0.25) is 0 Å². The van der Waals surface area contributed by atoms with Crippen LogP contribution in [-0.4, -0.2) is 23.2 Å². The highest BCUT2D eigenvalue weighted by Crippen LogP contribution is 2.14. The van der Waals surface area contributed by atoms with Crippen LogP contribution in [0, 0.1) is 5.92 Å². The van der Waals surface area contributed by atoms with Crippen LogP contribution in [-0.2, 0) is 0 Å². The van der Waals surface area contributed by atoms with E-state index in [2.05, 4.69) is 5.32 Å². The van der Waals surface area contributed by atoms with Crippen molar-refractivity contribution in [1.82, 2.24) is 5.32 Å². The highest BCUT2D eigenvalue weighted by Gasteiger charge is 2.25. The van der Waals surface area contributed by atoms with Gasteiger partial charge < -0.3 is 14.8 Å². The Labute approximate surface area is 89.3 Å². The molecule has 0 saturated carbocycles. The molecule has 15 heavy (non-hydrogen) atoms. The third kappa shape index (κ3) is 3.09. The maximum Gasteiger partial charge on any atom is 0.254 e. The van der Waals surface area contributed by atoms with Gasteiger partial charge in [-0.1, -0.05) is 13.8 Å². The second kappa shape index (κ2) is 4.49. The van der Waals surface area contributed by atoms with E-state index in [1.807, 2.05) is 13.8 Å². The standard InChI is InChI=1S/C11H17NO3/c1-8(2)11(3,14)7-12-10(13)9-4-5-15-6-9/h4-6,8,14H,7H2,1-3H3,(H,12,13). The zero-order valence-electron chi connectivity index (χ0n) is 9.28. The Morgan fingerprint density at radius 1 is 1.67 bits per heavy atom. The molecule has 1 unspecified atom stereocenters. The minimum absolute atomic E-state index is 0.0853. The van der Waals surface area contributed by atoms with Crippen LogP contribution in [0.2, 0.25) is 0 Å². The van der Waals surface area contributed by atoms with E-state index in [-0.39, 0.29) is 18.4 Å². The molecule has 0 bridgehead atoms. The molecule has 0 aliphatic rings. The Hall–Kier alpha value is -1.29. The lowest BCUT2D eigenvalue weighted by molar-refractivity contribution is 0.0142. The lowest BCUT2D eigenvalue weighted by Crippen LogP contribution is -2.44. The van der Waals surface area contributed by atoms with Crippen LogP contribution in [0.1, 0.15) is 31.1 Å². The second-order valence-corrected chi connectivity index (χ2v) is 4.21. The molecule has 1 amide bonds. The lowest BCUT2D eigenvalue weighted by atomic mass is 9.92. The molecule has 0 saturated heterocycles. The van der Waals surface area contributed by atoms with Gasteiger partial charge in [0.25, 0.3) is 5.91 Å². The zero-order valence-corrected chi connectivity index (χ0v) is 9.28. The third-order valence-electron chi connectivity index (χ3n) is 2.63. The summed E-state index contributed by atoms with van der Waals surface area (Å²) < 4.78 is 4.79. The predicted molar refractivity (Wildman–Crippen MR) is 56.5 cm³/mol. The number of nitrogens with one attached hydrogen (secondary N) is 1. The molecule has 84 valence electrons. The molecule has 0 fully saturated rings. The first-order chi connectivity index (χ1) is 6.93. The van der Waals surface area contributed by atoms with Gasteiger partial charge in [-0.05, 0) is 18.9 Å². The summed E-state index contributed by atoms with van der Waals surface area (Å²) in [6, 6.07) is 1.58. The number of hydrogen-bond acceptors (Lipinski definition) is 3. The van der Waals surface area contributed by atoms with Gasteiger partial charge in [-0.3, -0.25) is 4.79 Å². The van der Waals surface area contributed by atoms with Gasteiger partial charge in [0.15, 0.2) is 0 Å². The Kier molecular flexibility index (Phi) is 3.52. The van der Waals surface area contributed by atoms with E-state index in [4.69, 9.17) is 4.42 Å². The van der Waals surface area contributed by atoms with Crippen molar-refractivity contribution in [3.8, 4) is 0 Å². The van der Waals surface area contributed by atoms with Gasteiger partial charge >= 0.3 is 0 Å². The first-order valence-electron chi connectivity index (χ1n) is 4.96. The van der Waals surface area contributed by atoms with E-state index in [0.717, 1.165) is 0 Å². The van der Waals surface area contributed by atoms with Gasteiger partial charge in [0, 0.05) is 6.54 Å². The summed E-state index contributed by atoms with van der Waals surface area (Å²) >= 11 is 0. The van der Waals surface area contributed by atoms with E-state index in [1.165, 1.54) is 12.5 Å². The van der Waals surface area contributed by atoms with Crippen molar-refractivity contribution in [3.63, 3.8) is 0 Å². The number of amides is 1. The lowest BCUT2D eigenvalue weighted by Gasteiger charge is -2.27. The monoisotopic (exact) mass is 211 g/mol. The molecular weight excluding hydrogens is 194 g/mol. The van der Waals surface area contributed by atoms with Gasteiger partial charge in [-0.15, -0.1) is 0 Å². The summed E-state index contributed by atoms with van der Waals surface area (Å²) in [5.41, 5.74) is -0.422. The highest BCUT2D eigenvalue weighted by atomic mass is 16.3. The molecule has 1 rings (SSSR count). The fourth-order valence-electron chi connectivity index (χ4n) is 0.959. The van der Waals surface area contributed by atoms with Crippen LogP contribution >= 0.6 is 0 Å². The molecule has 0 aliphatic carbocycles. The van der Waals surface area contributed by atoms with E-state index in [1.54, 1.807) is 13.0 Å². The first kappa shape index (κ1) is 11.8. The Bertz CT molecular complexity index is 315. The number of furan rings is 1. The summed E-state index contributed by atoms with van der Waals surface area (Å²) in [7, 11) is 0. The van der Waals surface area contributed by atoms with Gasteiger partial charge in [0.1, 0.15) is 6.26 Å². The summed E-state index contributed by atoms with van der Waals surface area (Å²) in [5, 5.41) is 12.6. The minimum atomic E-state index is -0.889. The zero-order chi connectivity index (χ0) is 11.5. The number of hydrogen-bond donors (Lipinski definition) is 2. The van der Waals surface area contributed by atoms with Crippen molar-refractivity contribution >= 4 is 5.91 Å². The van der Waals surface area contributed by atoms with E-state index in [9.17, 15) is 9.90 Å². The second-order valence-electron chi connectivity index (χ2n) is 4.21. The smallest absolute Gasteiger partial charge is 0.254 e. The maximum absolute atomic E-state index is 11.5. The maximum atomic E-state index is 11.5. The molecule has 4 nitrogen and oxygen atoms in total. The summed E-state index contributed by atoms with van der Waals surface area (Å²) in [6.45, 7) is 5.75. The van der Waals surface area contributed by atoms with Crippen molar-refractivity contribution in [1.29, 1.82) is 0 Å². The molecule has 0 aromatic carbocycles. The van der Waals surface area contributed by atoms with Crippen molar-refractivity contribution in [2.24, 2.45) is 5.92 Å². The molecule has 1 atom stereocenters. The Morgan fingerprint density at radius 2 is 2.33 bits per heavy atom. The van der Waals surface area contributed by atoms with Crippen LogP contribution in [0.25, 0.3) is 0 Å². The van der Waals surface area contributed by atoms with E-state index < -0.39 is 5.60 Å². The minimum Gasteiger partial charge on any atom is -0.472 e. The number of carbonyl (C=O) groups is 1. The first-order valence-corrected chi connectivity index (χ1v) is 4.96. The predicted octanol–water partition coefficient (Wildman–Crippen LogP) is 1.42. The van der Waals surface area contributed by atoms with Crippen LogP contribution in [0.15, 0.2) is 23.0 Å². The number of aliphatic hydroxyl groups is 1. The van der Waals surface area contributed by atoms with Gasteiger partial charge in [-0.2, -0.15) is 0 Å². The third-order valence-corrected chi connectivity index (χ3v) is 2.63. The molecule has 1 aromatic heterocycles. The van der Waals surface area contributed by atoms with Crippen molar-refractivity contribution in [3.05, 3.63) is 24.2 Å². The fraction of sp³-hybridized carbons (Fsp3) is 0.545. The van der Waals surface area contributed by atoms with Crippen LogP contribution < -0.4 is 5.32 Å². The number of rotatable bonds is 4.